The van der Waals surface area contributed by atoms with Gasteiger partial charge in [-0.05, 0) is 6.42 Å². The van der Waals surface area contributed by atoms with Crippen LogP contribution in [0.5, 0.6) is 0 Å². The summed E-state index contributed by atoms with van der Waals surface area (Å²) in [6.45, 7) is 3.51. The molecule has 0 aliphatic heterocycles. The van der Waals surface area contributed by atoms with Gasteiger partial charge in [0.05, 0.1) is 0 Å². The fourth-order valence-corrected chi connectivity index (χ4v) is 0.943. The van der Waals surface area contributed by atoms with Crippen LogP contribution in [0.2, 0.25) is 0 Å². The first-order valence-electron chi connectivity index (χ1n) is 3.40. The van der Waals surface area contributed by atoms with Gasteiger partial charge in [-0.2, -0.15) is 0 Å². The van der Waals surface area contributed by atoms with Gasteiger partial charge in [0.2, 0.25) is 0 Å². The van der Waals surface area contributed by atoms with Gasteiger partial charge in [-0.1, -0.05) is 13.8 Å². The zero-order valence-corrected chi connectivity index (χ0v) is 8.36. The smallest absolute Gasteiger partial charge is 0.188 e. The molecule has 0 amide bonds. The molecule has 11 heavy (non-hydrogen) atoms. The normalized spacial score (nSPS) is 15.6. The van der Waals surface area contributed by atoms with Crippen molar-refractivity contribution in [3.63, 3.8) is 0 Å². The summed E-state index contributed by atoms with van der Waals surface area (Å²) in [7, 11) is 0. The number of rotatable bonds is 4. The molecule has 0 saturated carbocycles. The quantitative estimate of drug-likeness (QED) is 0.663. The number of carbonyl (C=O) groups is 2. The third-order valence-electron chi connectivity index (χ3n) is 1.55. The Morgan fingerprint density at radius 3 is 1.55 bits per heavy atom. The van der Waals surface area contributed by atoms with E-state index in [9.17, 15) is 9.59 Å². The van der Waals surface area contributed by atoms with Crippen molar-refractivity contribution in [2.75, 3.05) is 0 Å². The second-order valence-electron chi connectivity index (χ2n) is 2.71. The Morgan fingerprint density at radius 1 is 1.09 bits per heavy atom. The Kier molecular flexibility index (Phi) is 4.84. The van der Waals surface area contributed by atoms with Gasteiger partial charge < -0.3 is 0 Å². The lowest BCUT2D eigenvalue weighted by Crippen LogP contribution is -2.13. The Morgan fingerprint density at radius 2 is 1.36 bits per heavy atom. The van der Waals surface area contributed by atoms with E-state index in [-0.39, 0.29) is 22.1 Å². The largest absolute Gasteiger partial charge is 0.287 e. The highest BCUT2D eigenvalue weighted by atomic mass is 32.1. The molecular weight excluding hydrogens is 180 g/mol. The maximum Gasteiger partial charge on any atom is 0.188 e. The van der Waals surface area contributed by atoms with Crippen molar-refractivity contribution in [2.45, 2.75) is 20.3 Å². The second-order valence-corrected chi connectivity index (χ2v) is 3.60. The molecule has 0 aliphatic rings. The van der Waals surface area contributed by atoms with E-state index >= 15 is 0 Å². The highest BCUT2D eigenvalue weighted by Gasteiger charge is 2.16. The highest BCUT2D eigenvalue weighted by Crippen LogP contribution is 2.15. The van der Waals surface area contributed by atoms with Gasteiger partial charge in [-0.15, -0.1) is 25.3 Å². The topological polar surface area (TPSA) is 34.1 Å². The van der Waals surface area contributed by atoms with Crippen molar-refractivity contribution in [1.82, 2.24) is 0 Å². The molecule has 0 bridgehead atoms. The van der Waals surface area contributed by atoms with E-state index in [1.807, 2.05) is 0 Å². The number of hydrogen-bond donors (Lipinski definition) is 2. The van der Waals surface area contributed by atoms with Crippen LogP contribution in [-0.4, -0.2) is 10.2 Å². The van der Waals surface area contributed by atoms with E-state index in [1.165, 1.54) is 0 Å². The minimum Gasteiger partial charge on any atom is -0.287 e. The van der Waals surface area contributed by atoms with Crippen LogP contribution in [0.25, 0.3) is 0 Å². The Hall–Kier alpha value is 0.0400. The first-order valence-corrected chi connectivity index (χ1v) is 4.30. The molecule has 0 rings (SSSR count). The van der Waals surface area contributed by atoms with E-state index in [1.54, 1.807) is 13.8 Å². The molecule has 0 aromatic rings. The third-order valence-corrected chi connectivity index (χ3v) is 2.43. The molecule has 0 radical (unpaired) electrons. The molecule has 0 aliphatic carbocycles. The Balaban J connectivity index is 3.84. The second kappa shape index (κ2) is 4.83. The highest BCUT2D eigenvalue weighted by molar-refractivity contribution is 7.96. The summed E-state index contributed by atoms with van der Waals surface area (Å²) in [6, 6.07) is 0. The van der Waals surface area contributed by atoms with Crippen LogP contribution in [0.15, 0.2) is 0 Å². The number of thiol groups is 2. The predicted molar refractivity (Wildman–Crippen MR) is 50.9 cm³/mol. The summed E-state index contributed by atoms with van der Waals surface area (Å²) >= 11 is 7.32. The maximum absolute atomic E-state index is 10.6. The average molecular weight is 192 g/mol. The average Bonchev–Trinajstić information content (AvgIpc) is 1.87. The number of carbonyl (C=O) groups excluding carboxylic acids is 2. The van der Waals surface area contributed by atoms with Crippen molar-refractivity contribution in [3.05, 3.63) is 0 Å². The summed E-state index contributed by atoms with van der Waals surface area (Å²) in [6.07, 6.45) is 0.532. The van der Waals surface area contributed by atoms with Crippen molar-refractivity contribution >= 4 is 35.5 Å². The Bertz CT molecular complexity index is 150. The van der Waals surface area contributed by atoms with Gasteiger partial charge >= 0.3 is 0 Å². The molecule has 0 fully saturated rings. The van der Waals surface area contributed by atoms with Crippen LogP contribution in [0.1, 0.15) is 20.3 Å². The molecule has 0 N–H and O–H groups in total. The van der Waals surface area contributed by atoms with Gasteiger partial charge in [0, 0.05) is 11.8 Å². The van der Waals surface area contributed by atoms with Gasteiger partial charge in [-0.3, -0.25) is 9.59 Å². The van der Waals surface area contributed by atoms with Gasteiger partial charge in [0.25, 0.3) is 0 Å². The number of hydrogen-bond acceptors (Lipinski definition) is 2. The summed E-state index contributed by atoms with van der Waals surface area (Å²) in [5.41, 5.74) is 0. The molecule has 0 heterocycles. The molecule has 64 valence electrons. The third kappa shape index (κ3) is 4.48. The fourth-order valence-electron chi connectivity index (χ4n) is 0.732. The first kappa shape index (κ1) is 11.0. The van der Waals surface area contributed by atoms with E-state index in [0.29, 0.717) is 6.42 Å². The van der Waals surface area contributed by atoms with E-state index < -0.39 is 0 Å². The molecule has 0 aromatic heterocycles. The van der Waals surface area contributed by atoms with E-state index in [2.05, 4.69) is 25.3 Å². The lowest BCUT2D eigenvalue weighted by molar-refractivity contribution is -0.116. The van der Waals surface area contributed by atoms with Gasteiger partial charge in [0.15, 0.2) is 10.2 Å². The van der Waals surface area contributed by atoms with Crippen molar-refractivity contribution in [2.24, 2.45) is 11.8 Å². The molecule has 2 nitrogen and oxygen atoms in total. The standard InChI is InChI=1S/C7H12O2S2/c1-4(6(8)10)3-5(2)7(9)11/h4-5H,3H2,1-2H3,(H,8,10)(H,9,11). The van der Waals surface area contributed by atoms with Crippen LogP contribution >= 0.6 is 25.3 Å². The zero-order valence-electron chi connectivity index (χ0n) is 6.57. The lowest BCUT2D eigenvalue weighted by atomic mass is 10.00. The van der Waals surface area contributed by atoms with Crippen molar-refractivity contribution in [1.29, 1.82) is 0 Å². The van der Waals surface area contributed by atoms with Crippen molar-refractivity contribution < 1.29 is 9.59 Å². The van der Waals surface area contributed by atoms with Crippen molar-refractivity contribution in [3.8, 4) is 0 Å². The summed E-state index contributed by atoms with van der Waals surface area (Å²) in [4.78, 5) is 21.3. The molecular formula is C7H12O2S2. The predicted octanol–water partition coefficient (Wildman–Crippen LogP) is 1.56. The monoisotopic (exact) mass is 192 g/mol. The Labute approximate surface area is 77.6 Å². The van der Waals surface area contributed by atoms with Crippen LogP contribution in [-0.2, 0) is 9.59 Å². The molecule has 0 spiro atoms. The SMILES string of the molecule is CC(CC(C)C(=O)S)C(=O)S. The van der Waals surface area contributed by atoms with Crippen LogP contribution in [0, 0.1) is 11.8 Å². The molecule has 2 atom stereocenters. The van der Waals surface area contributed by atoms with E-state index in [4.69, 9.17) is 0 Å². The lowest BCUT2D eigenvalue weighted by Gasteiger charge is -2.10. The van der Waals surface area contributed by atoms with Crippen LogP contribution in [0.3, 0.4) is 0 Å². The summed E-state index contributed by atoms with van der Waals surface area (Å²) in [5, 5.41) is -0.349. The first-order chi connectivity index (χ1) is 4.95. The van der Waals surface area contributed by atoms with Gasteiger partial charge in [-0.25, -0.2) is 0 Å². The zero-order chi connectivity index (χ0) is 9.02. The molecule has 4 heteroatoms. The summed E-state index contributed by atoms with van der Waals surface area (Å²) < 4.78 is 0. The minimum absolute atomic E-state index is 0.163. The van der Waals surface area contributed by atoms with Gasteiger partial charge in [0.1, 0.15) is 0 Å². The van der Waals surface area contributed by atoms with E-state index in [0.717, 1.165) is 0 Å². The van der Waals surface area contributed by atoms with Crippen LogP contribution in [0.4, 0.5) is 0 Å². The molecule has 0 aromatic carbocycles. The fraction of sp³-hybridized carbons (Fsp3) is 0.714. The summed E-state index contributed by atoms with van der Waals surface area (Å²) in [5.74, 6) is -0.325. The molecule has 0 saturated heterocycles. The van der Waals surface area contributed by atoms with Crippen LogP contribution < -0.4 is 0 Å². The maximum atomic E-state index is 10.6. The molecule has 2 unspecified atom stereocenters. The minimum atomic E-state index is -0.175.